The van der Waals surface area contributed by atoms with Gasteiger partial charge in [0.15, 0.2) is 0 Å². The lowest BCUT2D eigenvalue weighted by Crippen LogP contribution is -2.14. The van der Waals surface area contributed by atoms with Crippen molar-refractivity contribution in [3.63, 3.8) is 0 Å². The molecule has 26 heavy (non-hydrogen) atoms. The molecule has 134 valence electrons. The van der Waals surface area contributed by atoms with Gasteiger partial charge in [0.2, 0.25) is 0 Å². The Labute approximate surface area is 154 Å². The van der Waals surface area contributed by atoms with Crippen molar-refractivity contribution in [2.75, 3.05) is 16.4 Å². The Morgan fingerprint density at radius 2 is 1.81 bits per heavy atom. The molecule has 0 heterocycles. The Balaban J connectivity index is 2.10. The van der Waals surface area contributed by atoms with Crippen LogP contribution in [-0.2, 0) is 14.9 Å². The maximum absolute atomic E-state index is 12.1. The molecule has 2 aromatic carbocycles. The monoisotopic (exact) mass is 392 g/mol. The van der Waals surface area contributed by atoms with Crippen molar-refractivity contribution >= 4 is 44.7 Å². The van der Waals surface area contributed by atoms with Gasteiger partial charge in [0.1, 0.15) is 11.6 Å². The maximum Gasteiger partial charge on any atom is 0.294 e. The van der Waals surface area contributed by atoms with E-state index in [0.717, 1.165) is 6.20 Å². The summed E-state index contributed by atoms with van der Waals surface area (Å²) in [6.45, 7) is 0. The van der Waals surface area contributed by atoms with Crippen LogP contribution in [0.2, 0.25) is 5.02 Å². The summed E-state index contributed by atoms with van der Waals surface area (Å²) in [5.74, 6) is -0.671. The van der Waals surface area contributed by atoms with Crippen LogP contribution in [0.4, 0.5) is 17.1 Å². The summed E-state index contributed by atoms with van der Waals surface area (Å²) in [5, 5.41) is 14.6. The first-order valence-electron chi connectivity index (χ1n) is 7.01. The molecular weight excluding hydrogens is 380 g/mol. The first-order chi connectivity index (χ1) is 12.2. The van der Waals surface area contributed by atoms with E-state index in [9.17, 15) is 13.2 Å². The minimum atomic E-state index is -4.29. The molecule has 1 amide bonds. The minimum absolute atomic E-state index is 0.225. The molecule has 0 spiro atoms. The first-order valence-corrected chi connectivity index (χ1v) is 8.83. The van der Waals surface area contributed by atoms with Crippen LogP contribution >= 0.6 is 11.6 Å². The zero-order valence-corrected chi connectivity index (χ0v) is 14.7. The summed E-state index contributed by atoms with van der Waals surface area (Å²) in [7, 11) is -4.29. The second-order valence-corrected chi connectivity index (χ2v) is 6.83. The lowest BCUT2D eigenvalue weighted by molar-refractivity contribution is -0.112. The Morgan fingerprint density at radius 3 is 2.35 bits per heavy atom. The fraction of sp³-hybridized carbons (Fsp3) is 0. The molecule has 0 unspecified atom stereocenters. The minimum Gasteiger partial charge on any atom is -0.398 e. The van der Waals surface area contributed by atoms with Gasteiger partial charge in [-0.1, -0.05) is 11.6 Å². The predicted octanol–water partition coefficient (Wildman–Crippen LogP) is 2.63. The molecule has 0 aliphatic rings. The molecule has 0 aliphatic carbocycles. The Bertz CT molecular complexity index is 1010. The number of anilines is 3. The Morgan fingerprint density at radius 1 is 1.19 bits per heavy atom. The summed E-state index contributed by atoms with van der Waals surface area (Å²) < 4.78 is 30.9. The highest BCUT2D eigenvalue weighted by Gasteiger charge is 2.11. The lowest BCUT2D eigenvalue weighted by atomic mass is 10.2. The molecule has 0 saturated heterocycles. The molecule has 2 rings (SSSR count). The number of nitrogens with zero attached hydrogens (tertiary/aromatic N) is 1. The van der Waals surface area contributed by atoms with Crippen LogP contribution in [0.3, 0.4) is 0 Å². The van der Waals surface area contributed by atoms with Gasteiger partial charge in [0, 0.05) is 17.6 Å². The normalized spacial score (nSPS) is 11.5. The largest absolute Gasteiger partial charge is 0.398 e. The quantitative estimate of drug-likeness (QED) is 0.265. The zero-order chi connectivity index (χ0) is 19.3. The van der Waals surface area contributed by atoms with Gasteiger partial charge in [0.05, 0.1) is 15.6 Å². The third kappa shape index (κ3) is 4.97. The number of hydrogen-bond donors (Lipinski definition) is 4. The van der Waals surface area contributed by atoms with Gasteiger partial charge in [-0.3, -0.25) is 9.35 Å². The van der Waals surface area contributed by atoms with Crippen LogP contribution in [0.1, 0.15) is 0 Å². The highest BCUT2D eigenvalue weighted by atomic mass is 35.5. The van der Waals surface area contributed by atoms with Gasteiger partial charge in [-0.15, -0.1) is 0 Å². The van der Waals surface area contributed by atoms with Crippen LogP contribution in [0.15, 0.2) is 59.1 Å². The molecule has 0 fully saturated rings. The van der Waals surface area contributed by atoms with Crippen molar-refractivity contribution in [2.24, 2.45) is 0 Å². The lowest BCUT2D eigenvalue weighted by Gasteiger charge is -2.07. The van der Waals surface area contributed by atoms with E-state index in [-0.39, 0.29) is 15.5 Å². The fourth-order valence-electron chi connectivity index (χ4n) is 1.83. The van der Waals surface area contributed by atoms with Crippen LogP contribution in [0.5, 0.6) is 0 Å². The Kier molecular flexibility index (Phi) is 5.84. The van der Waals surface area contributed by atoms with E-state index in [1.807, 2.05) is 0 Å². The van der Waals surface area contributed by atoms with Crippen LogP contribution < -0.4 is 16.4 Å². The fourth-order valence-corrected chi connectivity index (χ4v) is 2.49. The third-order valence-electron chi connectivity index (χ3n) is 3.16. The van der Waals surface area contributed by atoms with Crippen molar-refractivity contribution in [3.05, 3.63) is 59.3 Å². The highest BCUT2D eigenvalue weighted by molar-refractivity contribution is 7.85. The van der Waals surface area contributed by atoms with Gasteiger partial charge >= 0.3 is 0 Å². The summed E-state index contributed by atoms with van der Waals surface area (Å²) in [6, 6.07) is 11.3. The number of benzene rings is 2. The van der Waals surface area contributed by atoms with Gasteiger partial charge in [0.25, 0.3) is 16.0 Å². The second-order valence-electron chi connectivity index (χ2n) is 5.00. The number of nitriles is 1. The number of nitrogens with one attached hydrogen (secondary N) is 2. The molecule has 2 aromatic rings. The van der Waals surface area contributed by atoms with Gasteiger partial charge in [-0.2, -0.15) is 13.7 Å². The maximum atomic E-state index is 12.1. The van der Waals surface area contributed by atoms with E-state index >= 15 is 0 Å². The zero-order valence-electron chi connectivity index (χ0n) is 13.1. The molecule has 8 nitrogen and oxygen atoms in total. The molecule has 0 radical (unpaired) electrons. The number of nitrogen functional groups attached to an aromatic ring is 1. The number of halogens is 1. The molecule has 0 aromatic heterocycles. The van der Waals surface area contributed by atoms with Crippen LogP contribution in [0.25, 0.3) is 0 Å². The average Bonchev–Trinajstić information content (AvgIpc) is 2.58. The van der Waals surface area contributed by atoms with Crippen molar-refractivity contribution in [3.8, 4) is 6.07 Å². The molecule has 0 bridgehead atoms. The highest BCUT2D eigenvalue weighted by Crippen LogP contribution is 2.23. The topological polar surface area (TPSA) is 145 Å². The SMILES string of the molecule is N#C/C(=C/Nc1ccc(S(=O)(=O)O)cc1)C(=O)Nc1ccc(N)c(Cl)c1. The van der Waals surface area contributed by atoms with E-state index in [0.29, 0.717) is 17.1 Å². The van der Waals surface area contributed by atoms with Gasteiger partial charge in [-0.05, 0) is 42.5 Å². The summed E-state index contributed by atoms with van der Waals surface area (Å²) in [6.07, 6.45) is 1.16. The van der Waals surface area contributed by atoms with Crippen molar-refractivity contribution in [1.82, 2.24) is 0 Å². The smallest absolute Gasteiger partial charge is 0.294 e. The summed E-state index contributed by atoms with van der Waals surface area (Å²) in [4.78, 5) is 11.8. The number of hydrogen-bond acceptors (Lipinski definition) is 6. The van der Waals surface area contributed by atoms with Crippen LogP contribution in [0, 0.1) is 11.3 Å². The van der Waals surface area contributed by atoms with Crippen LogP contribution in [-0.4, -0.2) is 18.9 Å². The van der Waals surface area contributed by atoms with Gasteiger partial charge < -0.3 is 16.4 Å². The molecule has 0 saturated carbocycles. The molecule has 5 N–H and O–H groups in total. The van der Waals surface area contributed by atoms with E-state index in [4.69, 9.17) is 27.1 Å². The van der Waals surface area contributed by atoms with E-state index in [1.54, 1.807) is 6.07 Å². The third-order valence-corrected chi connectivity index (χ3v) is 4.35. The Hall–Kier alpha value is -3.06. The number of carbonyl (C=O) groups is 1. The van der Waals surface area contributed by atoms with E-state index in [1.165, 1.54) is 42.5 Å². The molecule has 10 heteroatoms. The van der Waals surface area contributed by atoms with Crippen molar-refractivity contribution in [1.29, 1.82) is 5.26 Å². The van der Waals surface area contributed by atoms with Gasteiger partial charge in [-0.25, -0.2) is 0 Å². The first kappa shape index (κ1) is 19.3. The molecule has 0 aliphatic heterocycles. The number of amides is 1. The predicted molar refractivity (Wildman–Crippen MR) is 98.1 cm³/mol. The standard InChI is InChI=1S/C16H13ClN4O4S/c17-14-7-12(3-6-15(14)19)21-16(22)10(8-18)9-20-11-1-4-13(5-2-11)26(23,24)25/h1-7,9,20H,19H2,(H,21,22)(H,23,24,25)/b10-9-. The summed E-state index contributed by atoms with van der Waals surface area (Å²) >= 11 is 5.87. The second kappa shape index (κ2) is 7.88. The van der Waals surface area contributed by atoms with E-state index in [2.05, 4.69) is 10.6 Å². The summed E-state index contributed by atoms with van der Waals surface area (Å²) in [5.41, 5.74) is 6.49. The number of carbonyl (C=O) groups excluding carboxylic acids is 1. The van der Waals surface area contributed by atoms with Crippen molar-refractivity contribution in [2.45, 2.75) is 4.90 Å². The van der Waals surface area contributed by atoms with E-state index < -0.39 is 16.0 Å². The average molecular weight is 393 g/mol. The number of nitrogens with two attached hydrogens (primary N) is 1. The molecular formula is C16H13ClN4O4S. The number of rotatable bonds is 5. The molecule has 0 atom stereocenters. The van der Waals surface area contributed by atoms with Crippen molar-refractivity contribution < 1.29 is 17.8 Å².